The highest BCUT2D eigenvalue weighted by molar-refractivity contribution is 5.28. The fourth-order valence-electron chi connectivity index (χ4n) is 2.37. The van der Waals surface area contributed by atoms with Gasteiger partial charge in [0.1, 0.15) is 5.75 Å². The summed E-state index contributed by atoms with van der Waals surface area (Å²) >= 11 is 0. The summed E-state index contributed by atoms with van der Waals surface area (Å²) in [5, 5.41) is 13.0. The first-order valence-corrected chi connectivity index (χ1v) is 7.05. The summed E-state index contributed by atoms with van der Waals surface area (Å²) in [6, 6.07) is 7.74. The van der Waals surface area contributed by atoms with Gasteiger partial charge in [-0.25, -0.2) is 0 Å². The minimum atomic E-state index is 0.272. The van der Waals surface area contributed by atoms with E-state index < -0.39 is 0 Å². The third-order valence-electron chi connectivity index (χ3n) is 3.77. The fourth-order valence-corrected chi connectivity index (χ4v) is 2.37. The van der Waals surface area contributed by atoms with E-state index in [0.29, 0.717) is 5.75 Å². The van der Waals surface area contributed by atoms with Gasteiger partial charge in [-0.2, -0.15) is 0 Å². The summed E-state index contributed by atoms with van der Waals surface area (Å²) in [5.74, 6) is 0.336. The van der Waals surface area contributed by atoms with Crippen LogP contribution in [0.15, 0.2) is 35.9 Å². The van der Waals surface area contributed by atoms with Crippen LogP contribution in [0.25, 0.3) is 0 Å². The number of rotatable bonds is 5. The molecule has 0 aliphatic carbocycles. The summed E-state index contributed by atoms with van der Waals surface area (Å²) in [6.07, 6.45) is 3.52. The summed E-state index contributed by atoms with van der Waals surface area (Å²) in [7, 11) is 0. The van der Waals surface area contributed by atoms with Crippen molar-refractivity contribution in [1.82, 2.24) is 10.2 Å². The van der Waals surface area contributed by atoms with E-state index >= 15 is 0 Å². The molecular weight excluding hydrogens is 236 g/mol. The van der Waals surface area contributed by atoms with E-state index in [9.17, 15) is 5.11 Å². The Bertz CT molecular complexity index is 442. The number of aromatic hydroxyl groups is 1. The molecule has 0 unspecified atom stereocenters. The molecule has 2 N–H and O–H groups in total. The first-order chi connectivity index (χ1) is 9.15. The average Bonchev–Trinajstić information content (AvgIpc) is 2.41. The van der Waals surface area contributed by atoms with Crippen LogP contribution in [-0.2, 0) is 0 Å². The Hall–Kier alpha value is -1.32. The molecule has 1 aliphatic heterocycles. The minimum absolute atomic E-state index is 0.272. The van der Waals surface area contributed by atoms with Crippen LogP contribution in [0, 0.1) is 0 Å². The van der Waals surface area contributed by atoms with Gasteiger partial charge in [0.25, 0.3) is 0 Å². The molecule has 3 heteroatoms. The quantitative estimate of drug-likeness (QED) is 0.799. The number of phenolic OH excluding ortho intramolecular Hbond substituents is 1. The van der Waals surface area contributed by atoms with Crippen LogP contribution in [-0.4, -0.2) is 36.2 Å². The highest BCUT2D eigenvalue weighted by Crippen LogP contribution is 2.17. The summed E-state index contributed by atoms with van der Waals surface area (Å²) in [4.78, 5) is 2.47. The molecule has 0 saturated carbocycles. The van der Waals surface area contributed by atoms with Crippen molar-refractivity contribution in [2.45, 2.75) is 26.3 Å². The first-order valence-electron chi connectivity index (χ1n) is 7.05. The van der Waals surface area contributed by atoms with Crippen molar-refractivity contribution in [3.05, 3.63) is 41.5 Å². The Labute approximate surface area is 115 Å². The van der Waals surface area contributed by atoms with Crippen molar-refractivity contribution in [2.75, 3.05) is 26.2 Å². The van der Waals surface area contributed by atoms with Crippen LogP contribution in [0.4, 0.5) is 0 Å². The molecule has 19 heavy (non-hydrogen) atoms. The van der Waals surface area contributed by atoms with Gasteiger partial charge in [-0.1, -0.05) is 23.8 Å². The topological polar surface area (TPSA) is 35.5 Å². The average molecular weight is 260 g/mol. The van der Waals surface area contributed by atoms with Crippen LogP contribution in [0.5, 0.6) is 5.75 Å². The van der Waals surface area contributed by atoms with Crippen LogP contribution < -0.4 is 5.32 Å². The fraction of sp³-hybridized carbons (Fsp3) is 0.500. The Morgan fingerprint density at radius 3 is 2.95 bits per heavy atom. The van der Waals surface area contributed by atoms with E-state index in [2.05, 4.69) is 30.1 Å². The predicted octanol–water partition coefficient (Wildman–Crippen LogP) is 2.69. The molecule has 1 heterocycles. The van der Waals surface area contributed by atoms with E-state index in [4.69, 9.17) is 0 Å². The van der Waals surface area contributed by atoms with Gasteiger partial charge in [-0.3, -0.25) is 4.90 Å². The Balaban J connectivity index is 1.74. The molecule has 0 radical (unpaired) electrons. The zero-order valence-corrected chi connectivity index (χ0v) is 11.9. The summed E-state index contributed by atoms with van der Waals surface area (Å²) in [6.45, 7) is 8.64. The normalized spacial score (nSPS) is 18.1. The van der Waals surface area contributed by atoms with Crippen LogP contribution in [0.1, 0.15) is 31.9 Å². The van der Waals surface area contributed by atoms with Crippen molar-refractivity contribution in [2.24, 2.45) is 0 Å². The molecule has 1 aliphatic rings. The molecule has 1 aromatic carbocycles. The maximum absolute atomic E-state index is 9.47. The molecule has 0 amide bonds. The van der Waals surface area contributed by atoms with Crippen LogP contribution in [0.2, 0.25) is 0 Å². The van der Waals surface area contributed by atoms with Crippen molar-refractivity contribution in [3.63, 3.8) is 0 Å². The highest BCUT2D eigenvalue weighted by Gasteiger charge is 2.10. The Kier molecular flexibility index (Phi) is 5.00. The van der Waals surface area contributed by atoms with Gasteiger partial charge in [0.05, 0.1) is 0 Å². The van der Waals surface area contributed by atoms with Gasteiger partial charge in [-0.05, 0) is 38.0 Å². The first kappa shape index (κ1) is 14.1. The van der Waals surface area contributed by atoms with Crippen molar-refractivity contribution in [3.8, 4) is 5.75 Å². The molecule has 0 bridgehead atoms. The van der Waals surface area contributed by atoms with E-state index in [0.717, 1.165) is 25.2 Å². The third kappa shape index (κ3) is 4.37. The van der Waals surface area contributed by atoms with Gasteiger partial charge in [-0.15, -0.1) is 0 Å². The second kappa shape index (κ2) is 6.73. The highest BCUT2D eigenvalue weighted by atomic mass is 16.3. The van der Waals surface area contributed by atoms with E-state index in [1.165, 1.54) is 18.5 Å². The summed E-state index contributed by atoms with van der Waals surface area (Å²) < 4.78 is 0. The number of hydrogen-bond donors (Lipinski definition) is 2. The maximum atomic E-state index is 9.47. The molecule has 0 spiro atoms. The molecule has 0 aromatic heterocycles. The van der Waals surface area contributed by atoms with Gasteiger partial charge in [0.15, 0.2) is 0 Å². The summed E-state index contributed by atoms with van der Waals surface area (Å²) in [5.41, 5.74) is 2.65. The zero-order valence-electron chi connectivity index (χ0n) is 11.9. The van der Waals surface area contributed by atoms with Crippen molar-refractivity contribution < 1.29 is 5.11 Å². The van der Waals surface area contributed by atoms with Gasteiger partial charge in [0, 0.05) is 32.2 Å². The van der Waals surface area contributed by atoms with Crippen LogP contribution in [0.3, 0.4) is 0 Å². The minimum Gasteiger partial charge on any atom is -0.508 e. The van der Waals surface area contributed by atoms with Gasteiger partial charge in [0.2, 0.25) is 0 Å². The number of hydrogen-bond acceptors (Lipinski definition) is 3. The number of benzene rings is 1. The van der Waals surface area contributed by atoms with Gasteiger partial charge < -0.3 is 10.4 Å². The zero-order chi connectivity index (χ0) is 13.7. The molecule has 2 rings (SSSR count). The molecular formula is C16H24N2O. The number of nitrogens with one attached hydrogen (secondary N) is 1. The number of phenols is 1. The van der Waals surface area contributed by atoms with Crippen molar-refractivity contribution in [1.29, 1.82) is 0 Å². The second-order valence-electron chi connectivity index (χ2n) is 5.37. The molecule has 0 fully saturated rings. The van der Waals surface area contributed by atoms with Crippen molar-refractivity contribution >= 4 is 0 Å². The SMILES string of the molecule is CC1=CCN(CCN[C@@H](C)c2cccc(O)c2)CC1. The lowest BCUT2D eigenvalue weighted by atomic mass is 10.1. The molecule has 3 nitrogen and oxygen atoms in total. The predicted molar refractivity (Wildman–Crippen MR) is 79.3 cm³/mol. The lowest BCUT2D eigenvalue weighted by molar-refractivity contribution is 0.289. The van der Waals surface area contributed by atoms with Gasteiger partial charge >= 0.3 is 0 Å². The largest absolute Gasteiger partial charge is 0.508 e. The number of nitrogens with zero attached hydrogens (tertiary/aromatic N) is 1. The Morgan fingerprint density at radius 1 is 1.42 bits per heavy atom. The molecule has 0 saturated heterocycles. The van der Waals surface area contributed by atoms with Crippen LogP contribution >= 0.6 is 0 Å². The second-order valence-corrected chi connectivity index (χ2v) is 5.37. The smallest absolute Gasteiger partial charge is 0.115 e. The third-order valence-corrected chi connectivity index (χ3v) is 3.77. The Morgan fingerprint density at radius 2 is 2.26 bits per heavy atom. The lowest BCUT2D eigenvalue weighted by Crippen LogP contribution is -2.35. The van der Waals surface area contributed by atoms with E-state index in [1.54, 1.807) is 6.07 Å². The standard InChI is InChI=1S/C16H24N2O/c1-13-6-9-18(10-7-13)11-8-17-14(2)15-4-3-5-16(19)12-15/h3-6,12,14,17,19H,7-11H2,1-2H3/t14-/m0/s1. The molecule has 1 aromatic rings. The molecule has 104 valence electrons. The van der Waals surface area contributed by atoms with E-state index in [-0.39, 0.29) is 6.04 Å². The maximum Gasteiger partial charge on any atom is 0.115 e. The lowest BCUT2D eigenvalue weighted by Gasteiger charge is -2.26. The van der Waals surface area contributed by atoms with E-state index in [1.807, 2.05) is 18.2 Å². The molecule has 1 atom stereocenters. The monoisotopic (exact) mass is 260 g/mol.